The normalized spacial score (nSPS) is 11.8. The number of halogens is 2. The summed E-state index contributed by atoms with van der Waals surface area (Å²) in [5.74, 6) is -0.307. The zero-order valence-corrected chi connectivity index (χ0v) is 21.3. The molecule has 13 heteroatoms. The number of amides is 2. The minimum absolute atomic E-state index is 0.0429. The lowest BCUT2D eigenvalue weighted by atomic mass is 10.0. The van der Waals surface area contributed by atoms with Crippen LogP contribution in [0, 0.1) is 16.0 Å². The lowest BCUT2D eigenvalue weighted by Crippen LogP contribution is -2.33. The van der Waals surface area contributed by atoms with Gasteiger partial charge in [0.05, 0.1) is 27.4 Å². The van der Waals surface area contributed by atoms with E-state index >= 15 is 0 Å². The smallest absolute Gasteiger partial charge is 0.270 e. The van der Waals surface area contributed by atoms with Gasteiger partial charge < -0.3 is 15.2 Å². The largest absolute Gasteiger partial charge is 0.342 e. The Morgan fingerprint density at radius 3 is 2.60 bits per heavy atom. The van der Waals surface area contributed by atoms with Crippen LogP contribution in [0.1, 0.15) is 36.1 Å². The topological polar surface area (TPSA) is 132 Å². The summed E-state index contributed by atoms with van der Waals surface area (Å²) in [6.07, 6.45) is 0. The lowest BCUT2D eigenvalue weighted by Gasteiger charge is -2.21. The van der Waals surface area contributed by atoms with Crippen molar-refractivity contribution in [2.45, 2.75) is 25.0 Å². The van der Waals surface area contributed by atoms with Crippen molar-refractivity contribution in [2.75, 3.05) is 11.1 Å². The van der Waals surface area contributed by atoms with Crippen LogP contribution >= 0.6 is 35.0 Å². The highest BCUT2D eigenvalue weighted by molar-refractivity contribution is 7.99. The van der Waals surface area contributed by atoms with Crippen LogP contribution in [0.15, 0.2) is 47.6 Å². The number of aromatic nitrogens is 3. The van der Waals surface area contributed by atoms with E-state index in [1.807, 2.05) is 13.8 Å². The molecule has 0 saturated carbocycles. The molecule has 0 radical (unpaired) electrons. The molecule has 0 aliphatic carbocycles. The van der Waals surface area contributed by atoms with Gasteiger partial charge in [0.1, 0.15) is 0 Å². The molecule has 0 unspecified atom stereocenters. The van der Waals surface area contributed by atoms with Gasteiger partial charge in [-0.05, 0) is 30.2 Å². The predicted molar refractivity (Wildman–Crippen MR) is 135 cm³/mol. The van der Waals surface area contributed by atoms with Crippen LogP contribution < -0.4 is 10.6 Å². The van der Waals surface area contributed by atoms with Gasteiger partial charge in [-0.3, -0.25) is 19.7 Å². The van der Waals surface area contributed by atoms with Crippen LogP contribution in [0.3, 0.4) is 0 Å². The molecule has 10 nitrogen and oxygen atoms in total. The number of nitro groups is 1. The average molecular weight is 537 g/mol. The molecule has 0 fully saturated rings. The molecule has 0 spiro atoms. The molecule has 1 atom stereocenters. The predicted octanol–water partition coefficient (Wildman–Crippen LogP) is 4.89. The first-order valence-corrected chi connectivity index (χ1v) is 12.1. The maximum absolute atomic E-state index is 12.8. The quantitative estimate of drug-likeness (QED) is 0.226. The van der Waals surface area contributed by atoms with Gasteiger partial charge in [-0.2, -0.15) is 0 Å². The van der Waals surface area contributed by atoms with E-state index in [9.17, 15) is 19.7 Å². The van der Waals surface area contributed by atoms with Crippen LogP contribution in [-0.4, -0.2) is 37.3 Å². The number of nitro benzene ring substituents is 1. The molecule has 3 rings (SSSR count). The number of rotatable bonds is 9. The molecule has 3 aromatic rings. The second kappa shape index (κ2) is 11.5. The summed E-state index contributed by atoms with van der Waals surface area (Å²) < 4.78 is 1.70. The van der Waals surface area contributed by atoms with E-state index in [4.69, 9.17) is 23.2 Å². The van der Waals surface area contributed by atoms with E-state index in [0.717, 1.165) is 0 Å². The Morgan fingerprint density at radius 1 is 1.17 bits per heavy atom. The molecule has 1 heterocycles. The average Bonchev–Trinajstić information content (AvgIpc) is 3.18. The Bertz CT molecular complexity index is 1270. The Balaban J connectivity index is 1.69. The van der Waals surface area contributed by atoms with Crippen molar-refractivity contribution in [3.8, 4) is 0 Å². The Morgan fingerprint density at radius 2 is 1.91 bits per heavy atom. The van der Waals surface area contributed by atoms with Gasteiger partial charge >= 0.3 is 0 Å². The third-order valence-electron chi connectivity index (χ3n) is 4.95. The van der Waals surface area contributed by atoms with Gasteiger partial charge in [-0.1, -0.05) is 54.9 Å². The molecular formula is C22H22Cl2N6O4S. The Labute approximate surface area is 215 Å². The standard InChI is InChI=1S/C22H22Cl2N6O4S/c1-12(2)19(26-21(32)13-5-4-6-15(9-13)30(33)34)20-27-28-22(29(20)3)35-11-18(31)25-17-10-14(23)7-8-16(17)24/h4-10,12,19H,11H2,1-3H3,(H,25,31)(H,26,32)/t19-/m1/s1. The molecule has 0 aliphatic rings. The summed E-state index contributed by atoms with van der Waals surface area (Å²) in [6, 6.07) is 9.75. The van der Waals surface area contributed by atoms with Crippen molar-refractivity contribution in [2.24, 2.45) is 13.0 Å². The number of hydrogen-bond acceptors (Lipinski definition) is 7. The van der Waals surface area contributed by atoms with E-state index in [0.29, 0.717) is 26.7 Å². The summed E-state index contributed by atoms with van der Waals surface area (Å²) in [6.45, 7) is 3.81. The second-order valence-electron chi connectivity index (χ2n) is 7.86. The maximum Gasteiger partial charge on any atom is 0.270 e. The van der Waals surface area contributed by atoms with Crippen LogP contribution in [0.25, 0.3) is 0 Å². The van der Waals surface area contributed by atoms with E-state index in [-0.39, 0.29) is 28.8 Å². The lowest BCUT2D eigenvalue weighted by molar-refractivity contribution is -0.384. The molecule has 2 amide bonds. The highest BCUT2D eigenvalue weighted by atomic mass is 35.5. The Hall–Kier alpha value is -3.15. The van der Waals surface area contributed by atoms with Crippen molar-refractivity contribution in [1.82, 2.24) is 20.1 Å². The number of nitrogens with zero attached hydrogens (tertiary/aromatic N) is 4. The minimum Gasteiger partial charge on any atom is -0.342 e. The third-order valence-corrected chi connectivity index (χ3v) is 6.54. The van der Waals surface area contributed by atoms with E-state index in [1.165, 1.54) is 36.0 Å². The zero-order valence-electron chi connectivity index (χ0n) is 19.0. The first-order chi connectivity index (χ1) is 16.6. The fraction of sp³-hybridized carbons (Fsp3) is 0.273. The molecule has 0 aliphatic heterocycles. The summed E-state index contributed by atoms with van der Waals surface area (Å²) in [4.78, 5) is 35.7. The fourth-order valence-corrected chi connectivity index (χ4v) is 4.20. The number of carbonyl (C=O) groups is 2. The SMILES string of the molecule is CC(C)[C@@H](NC(=O)c1cccc([N+](=O)[O-])c1)c1nnc(SCC(=O)Nc2cc(Cl)ccc2Cl)n1C. The molecule has 2 aromatic carbocycles. The highest BCUT2D eigenvalue weighted by Crippen LogP contribution is 2.27. The van der Waals surface area contributed by atoms with Gasteiger partial charge in [0.25, 0.3) is 11.6 Å². The monoisotopic (exact) mass is 536 g/mol. The number of benzene rings is 2. The van der Waals surface area contributed by atoms with E-state index in [2.05, 4.69) is 20.8 Å². The number of non-ortho nitro benzene ring substituents is 1. The summed E-state index contributed by atoms with van der Waals surface area (Å²) in [5, 5.41) is 26.3. The van der Waals surface area contributed by atoms with Gasteiger partial charge in [-0.15, -0.1) is 10.2 Å². The maximum atomic E-state index is 12.8. The summed E-state index contributed by atoms with van der Waals surface area (Å²) >= 11 is 13.2. The van der Waals surface area contributed by atoms with E-state index in [1.54, 1.807) is 29.8 Å². The molecule has 0 bridgehead atoms. The van der Waals surface area contributed by atoms with Crippen LogP contribution in [0.4, 0.5) is 11.4 Å². The van der Waals surface area contributed by atoms with Gasteiger partial charge in [0.2, 0.25) is 5.91 Å². The second-order valence-corrected chi connectivity index (χ2v) is 9.65. The van der Waals surface area contributed by atoms with Gasteiger partial charge in [-0.25, -0.2) is 0 Å². The minimum atomic E-state index is -0.556. The molecule has 2 N–H and O–H groups in total. The number of anilines is 1. The van der Waals surface area contributed by atoms with Gasteiger partial charge in [0.15, 0.2) is 11.0 Å². The number of hydrogen-bond donors (Lipinski definition) is 2. The number of thioether (sulfide) groups is 1. The van der Waals surface area contributed by atoms with Crippen LogP contribution in [-0.2, 0) is 11.8 Å². The molecular weight excluding hydrogens is 515 g/mol. The van der Waals surface area contributed by atoms with Crippen LogP contribution in [0.5, 0.6) is 0 Å². The molecule has 0 saturated heterocycles. The third kappa shape index (κ3) is 6.71. The molecule has 184 valence electrons. The van der Waals surface area contributed by atoms with Crippen molar-refractivity contribution < 1.29 is 14.5 Å². The van der Waals surface area contributed by atoms with Crippen LogP contribution in [0.2, 0.25) is 10.0 Å². The van der Waals surface area contributed by atoms with E-state index < -0.39 is 16.9 Å². The molecule has 35 heavy (non-hydrogen) atoms. The van der Waals surface area contributed by atoms with Crippen molar-refractivity contribution in [3.05, 3.63) is 74.0 Å². The van der Waals surface area contributed by atoms with Crippen molar-refractivity contribution in [1.29, 1.82) is 0 Å². The van der Waals surface area contributed by atoms with Crippen molar-refractivity contribution in [3.63, 3.8) is 0 Å². The Kier molecular flexibility index (Phi) is 8.71. The summed E-state index contributed by atoms with van der Waals surface area (Å²) in [7, 11) is 1.73. The number of nitrogens with one attached hydrogen (secondary N) is 2. The first kappa shape index (κ1) is 26.5. The summed E-state index contributed by atoms with van der Waals surface area (Å²) in [5.41, 5.74) is 0.401. The zero-order chi connectivity index (χ0) is 25.7. The number of carbonyl (C=O) groups excluding carboxylic acids is 2. The fourth-order valence-electron chi connectivity index (χ4n) is 3.15. The highest BCUT2D eigenvalue weighted by Gasteiger charge is 2.26. The van der Waals surface area contributed by atoms with Gasteiger partial charge in [0, 0.05) is 29.8 Å². The first-order valence-electron chi connectivity index (χ1n) is 10.4. The molecule has 1 aromatic heterocycles. The van der Waals surface area contributed by atoms with Crippen molar-refractivity contribution >= 4 is 58.2 Å².